The molecule has 0 nitrogen and oxygen atoms in total. The van der Waals surface area contributed by atoms with Crippen molar-refractivity contribution in [1.82, 2.24) is 0 Å². The second-order valence-corrected chi connectivity index (χ2v) is 2.93. The Hall–Kier alpha value is -1.43. The molecule has 0 radical (unpaired) electrons. The maximum atomic E-state index is 2.22. The standard InChI is InChI=1S/C12H11/c1-2-6-11(7-3-1)10-12-8-4-5-9-12/h1-8,10H,9H2/q+1/b12-10-. The molecule has 12 heavy (non-hydrogen) atoms. The van der Waals surface area contributed by atoms with Crippen LogP contribution in [0.4, 0.5) is 0 Å². The molecule has 0 unspecified atom stereocenters. The Labute approximate surface area is 73.2 Å². The van der Waals surface area contributed by atoms with E-state index in [1.54, 1.807) is 0 Å². The Balaban J connectivity index is 2.17. The van der Waals surface area contributed by atoms with Gasteiger partial charge in [-0.25, -0.2) is 0 Å². The van der Waals surface area contributed by atoms with Gasteiger partial charge in [0.2, 0.25) is 0 Å². The summed E-state index contributed by atoms with van der Waals surface area (Å²) in [4.78, 5) is 0. The van der Waals surface area contributed by atoms with Crippen LogP contribution in [0.5, 0.6) is 0 Å². The molecule has 0 heteroatoms. The zero-order valence-electron chi connectivity index (χ0n) is 6.90. The van der Waals surface area contributed by atoms with Crippen LogP contribution in [0, 0.1) is 6.42 Å². The predicted octanol–water partition coefficient (Wildman–Crippen LogP) is 3.23. The molecule has 0 fully saturated rings. The SMILES string of the molecule is C1=CC/C(=C\c2ccccc2)[CH+]1. The van der Waals surface area contributed by atoms with Gasteiger partial charge < -0.3 is 0 Å². The molecule has 1 aromatic rings. The van der Waals surface area contributed by atoms with Crippen molar-refractivity contribution in [3.63, 3.8) is 0 Å². The molecular weight excluding hydrogens is 144 g/mol. The van der Waals surface area contributed by atoms with Gasteiger partial charge in [0.25, 0.3) is 0 Å². The first-order valence-electron chi connectivity index (χ1n) is 4.21. The molecule has 1 aliphatic rings. The molecule has 0 bridgehead atoms. The zero-order valence-corrected chi connectivity index (χ0v) is 6.90. The minimum Gasteiger partial charge on any atom is -0.0621 e. The van der Waals surface area contributed by atoms with Gasteiger partial charge >= 0.3 is 0 Å². The molecule has 0 aromatic heterocycles. The monoisotopic (exact) mass is 155 g/mol. The van der Waals surface area contributed by atoms with Gasteiger partial charge in [0.15, 0.2) is 0 Å². The molecule has 0 spiro atoms. The van der Waals surface area contributed by atoms with Crippen LogP contribution in [0.3, 0.4) is 0 Å². The van der Waals surface area contributed by atoms with Crippen LogP contribution in [0.25, 0.3) is 6.08 Å². The molecule has 0 saturated heterocycles. The van der Waals surface area contributed by atoms with E-state index < -0.39 is 0 Å². The quantitative estimate of drug-likeness (QED) is 0.546. The number of allylic oxidation sites excluding steroid dienone is 3. The predicted molar refractivity (Wildman–Crippen MR) is 52.5 cm³/mol. The smallest absolute Gasteiger partial charge is 0.0621 e. The van der Waals surface area contributed by atoms with E-state index in [9.17, 15) is 0 Å². The first kappa shape index (κ1) is 7.23. The lowest BCUT2D eigenvalue weighted by Gasteiger charge is -1.89. The van der Waals surface area contributed by atoms with Crippen LogP contribution in [-0.4, -0.2) is 0 Å². The van der Waals surface area contributed by atoms with Crippen molar-refractivity contribution in [1.29, 1.82) is 0 Å². The third-order valence-electron chi connectivity index (χ3n) is 1.95. The first-order valence-corrected chi connectivity index (χ1v) is 4.21. The largest absolute Gasteiger partial charge is 0.0770 e. The summed E-state index contributed by atoms with van der Waals surface area (Å²) in [6, 6.07) is 10.4. The average Bonchev–Trinajstić information content (AvgIpc) is 2.59. The van der Waals surface area contributed by atoms with Crippen LogP contribution < -0.4 is 0 Å². The maximum absolute atomic E-state index is 2.22. The normalized spacial score (nSPS) is 18.2. The van der Waals surface area contributed by atoms with Crippen molar-refractivity contribution in [3.8, 4) is 0 Å². The lowest BCUT2D eigenvalue weighted by atomic mass is 10.1. The van der Waals surface area contributed by atoms with Crippen LogP contribution in [0.2, 0.25) is 0 Å². The molecule has 0 atom stereocenters. The Kier molecular flexibility index (Phi) is 2.00. The fourth-order valence-electron chi connectivity index (χ4n) is 1.33. The van der Waals surface area contributed by atoms with E-state index in [4.69, 9.17) is 0 Å². The number of benzene rings is 1. The van der Waals surface area contributed by atoms with Gasteiger partial charge in [-0.3, -0.25) is 0 Å². The highest BCUT2D eigenvalue weighted by molar-refractivity contribution is 5.57. The fraction of sp³-hybridized carbons (Fsp3) is 0.0833. The summed E-state index contributed by atoms with van der Waals surface area (Å²) < 4.78 is 0. The summed E-state index contributed by atoms with van der Waals surface area (Å²) in [6.45, 7) is 0. The number of hydrogen-bond donors (Lipinski definition) is 0. The van der Waals surface area contributed by atoms with Crippen molar-refractivity contribution in [2.24, 2.45) is 0 Å². The Morgan fingerprint density at radius 3 is 2.67 bits per heavy atom. The fourth-order valence-corrected chi connectivity index (χ4v) is 1.33. The van der Waals surface area contributed by atoms with Crippen molar-refractivity contribution in [2.75, 3.05) is 0 Å². The lowest BCUT2D eigenvalue weighted by Crippen LogP contribution is -1.75. The summed E-state index contributed by atoms with van der Waals surface area (Å²) in [5.41, 5.74) is 2.67. The van der Waals surface area contributed by atoms with Crippen molar-refractivity contribution >= 4 is 6.08 Å². The van der Waals surface area contributed by atoms with Crippen LogP contribution in [-0.2, 0) is 0 Å². The van der Waals surface area contributed by atoms with Gasteiger partial charge in [0.1, 0.15) is 0 Å². The van der Waals surface area contributed by atoms with Crippen LogP contribution in [0.15, 0.2) is 48.1 Å². The highest BCUT2D eigenvalue weighted by atomic mass is 14.0. The maximum Gasteiger partial charge on any atom is 0.0770 e. The third kappa shape index (κ3) is 1.59. The Morgan fingerprint density at radius 1 is 1.17 bits per heavy atom. The number of rotatable bonds is 1. The van der Waals surface area contributed by atoms with Gasteiger partial charge in [0, 0.05) is 30.2 Å². The van der Waals surface area contributed by atoms with Gasteiger partial charge in [-0.2, -0.15) is 0 Å². The zero-order chi connectivity index (χ0) is 8.23. The summed E-state index contributed by atoms with van der Waals surface area (Å²) in [5, 5.41) is 0. The van der Waals surface area contributed by atoms with Crippen LogP contribution >= 0.6 is 0 Å². The molecule has 0 saturated carbocycles. The van der Waals surface area contributed by atoms with E-state index in [2.05, 4.69) is 48.9 Å². The molecule has 1 aromatic carbocycles. The minimum atomic E-state index is 1.08. The second kappa shape index (κ2) is 3.31. The first-order chi connectivity index (χ1) is 5.95. The van der Waals surface area contributed by atoms with Gasteiger partial charge in [-0.1, -0.05) is 18.2 Å². The van der Waals surface area contributed by atoms with Crippen molar-refractivity contribution in [2.45, 2.75) is 6.42 Å². The highest BCUT2D eigenvalue weighted by Gasteiger charge is 2.07. The summed E-state index contributed by atoms with van der Waals surface area (Å²) >= 11 is 0. The molecule has 58 valence electrons. The molecule has 0 heterocycles. The molecule has 0 amide bonds. The van der Waals surface area contributed by atoms with E-state index in [1.165, 1.54) is 11.1 Å². The highest BCUT2D eigenvalue weighted by Crippen LogP contribution is 2.18. The Bertz CT molecular complexity index is 294. The van der Waals surface area contributed by atoms with E-state index in [-0.39, 0.29) is 0 Å². The van der Waals surface area contributed by atoms with E-state index in [0.717, 1.165) is 6.42 Å². The van der Waals surface area contributed by atoms with Gasteiger partial charge in [-0.15, -0.1) is 0 Å². The topological polar surface area (TPSA) is 0 Å². The Morgan fingerprint density at radius 2 is 2.00 bits per heavy atom. The molecule has 1 aliphatic carbocycles. The molecule has 0 N–H and O–H groups in total. The minimum absolute atomic E-state index is 1.08. The molecular formula is C12H11+. The second-order valence-electron chi connectivity index (χ2n) is 2.93. The van der Waals surface area contributed by atoms with E-state index in [1.807, 2.05) is 6.07 Å². The molecule has 2 rings (SSSR count). The summed E-state index contributed by atoms with van der Waals surface area (Å²) in [5.74, 6) is 0. The summed E-state index contributed by atoms with van der Waals surface area (Å²) in [7, 11) is 0. The average molecular weight is 155 g/mol. The number of hydrogen-bond acceptors (Lipinski definition) is 0. The molecule has 0 aliphatic heterocycles. The van der Waals surface area contributed by atoms with E-state index in [0.29, 0.717) is 0 Å². The van der Waals surface area contributed by atoms with Gasteiger partial charge in [0.05, 0.1) is 12.0 Å². The van der Waals surface area contributed by atoms with Crippen LogP contribution in [0.1, 0.15) is 12.0 Å². The van der Waals surface area contributed by atoms with Crippen molar-refractivity contribution in [3.05, 3.63) is 60.0 Å². The van der Waals surface area contributed by atoms with E-state index >= 15 is 0 Å². The third-order valence-corrected chi connectivity index (χ3v) is 1.95. The van der Waals surface area contributed by atoms with Crippen molar-refractivity contribution < 1.29 is 0 Å². The van der Waals surface area contributed by atoms with Gasteiger partial charge in [-0.05, 0) is 12.1 Å². The lowest BCUT2D eigenvalue weighted by molar-refractivity contribution is 1.34. The summed E-state index contributed by atoms with van der Waals surface area (Å²) in [6.07, 6.45) is 9.74.